The molecule has 2 N–H and O–H groups in total. The highest BCUT2D eigenvalue weighted by molar-refractivity contribution is 6.10. The number of rotatable bonds is 10. The lowest BCUT2D eigenvalue weighted by Crippen LogP contribution is -2.42. The minimum atomic E-state index is -1.25. The molecule has 0 aromatic heterocycles. The minimum Gasteiger partial charge on any atom is -0.493 e. The third kappa shape index (κ3) is 5.65. The number of benzene rings is 3. The van der Waals surface area contributed by atoms with Gasteiger partial charge in [0.2, 0.25) is 11.7 Å². The van der Waals surface area contributed by atoms with Crippen LogP contribution in [-0.4, -0.2) is 56.4 Å². The Morgan fingerprint density at radius 3 is 2.12 bits per heavy atom. The van der Waals surface area contributed by atoms with Gasteiger partial charge < -0.3 is 24.8 Å². The average molecular weight is 544 g/mol. The fourth-order valence-electron chi connectivity index (χ4n) is 4.34. The number of urea groups is 1. The quantitative estimate of drug-likeness (QED) is 0.225. The van der Waals surface area contributed by atoms with E-state index in [2.05, 4.69) is 10.6 Å². The largest absolute Gasteiger partial charge is 0.493 e. The lowest BCUT2D eigenvalue weighted by Gasteiger charge is -2.22. The van der Waals surface area contributed by atoms with Gasteiger partial charge >= 0.3 is 6.03 Å². The van der Waals surface area contributed by atoms with Gasteiger partial charge in [0.15, 0.2) is 17.3 Å². The number of hydrogen-bond acceptors (Lipinski definition) is 7. The molecule has 3 aromatic carbocycles. The van der Waals surface area contributed by atoms with E-state index < -0.39 is 29.9 Å². The SMILES string of the molecule is COc1cc(/C=C/C(=O)c2ccc(NC(=O)CN3C(=O)NC(C)(c4ccccc4)C3=O)cc2)cc(OC)c1OC. The number of imide groups is 1. The molecule has 3 aromatic rings. The molecule has 10 heteroatoms. The summed E-state index contributed by atoms with van der Waals surface area (Å²) in [4.78, 5) is 51.8. The lowest BCUT2D eigenvalue weighted by molar-refractivity contribution is -0.133. The molecule has 0 saturated carbocycles. The molecule has 1 heterocycles. The van der Waals surface area contributed by atoms with Gasteiger partial charge in [-0.25, -0.2) is 4.79 Å². The number of anilines is 1. The summed E-state index contributed by atoms with van der Waals surface area (Å²) in [7, 11) is 4.53. The highest BCUT2D eigenvalue weighted by Gasteiger charge is 2.49. The molecule has 0 spiro atoms. The van der Waals surface area contributed by atoms with Crippen LogP contribution in [-0.2, 0) is 15.1 Å². The van der Waals surface area contributed by atoms with Crippen LogP contribution >= 0.6 is 0 Å². The standard InChI is InChI=1S/C30H29N3O7/c1-30(21-8-6-5-7-9-21)28(36)33(29(37)32-30)18-26(35)31-22-13-11-20(12-14-22)23(34)15-10-19-16-24(38-2)27(40-4)25(17-19)39-3/h5-17H,18H2,1-4H3,(H,31,35)(H,32,37)/b15-10+. The van der Waals surface area contributed by atoms with Crippen LogP contribution in [0.15, 0.2) is 72.8 Å². The van der Waals surface area contributed by atoms with E-state index in [4.69, 9.17) is 14.2 Å². The van der Waals surface area contributed by atoms with Gasteiger partial charge in [-0.15, -0.1) is 0 Å². The monoisotopic (exact) mass is 543 g/mol. The predicted octanol–water partition coefficient (Wildman–Crippen LogP) is 4.01. The maximum atomic E-state index is 13.0. The van der Waals surface area contributed by atoms with Crippen LogP contribution in [0.25, 0.3) is 6.08 Å². The zero-order valence-electron chi connectivity index (χ0n) is 22.5. The molecule has 0 bridgehead atoms. The number of carbonyl (C=O) groups excluding carboxylic acids is 4. The van der Waals surface area contributed by atoms with E-state index in [1.807, 2.05) is 6.07 Å². The summed E-state index contributed by atoms with van der Waals surface area (Å²) in [5, 5.41) is 5.33. The number of allylic oxidation sites excluding steroid dienone is 1. The molecule has 0 radical (unpaired) electrons. The fourth-order valence-corrected chi connectivity index (χ4v) is 4.34. The van der Waals surface area contributed by atoms with Crippen LogP contribution in [0.5, 0.6) is 17.2 Å². The van der Waals surface area contributed by atoms with E-state index in [1.165, 1.54) is 27.4 Å². The smallest absolute Gasteiger partial charge is 0.325 e. The summed E-state index contributed by atoms with van der Waals surface area (Å²) >= 11 is 0. The summed E-state index contributed by atoms with van der Waals surface area (Å²) < 4.78 is 16.0. The highest BCUT2D eigenvalue weighted by atomic mass is 16.5. The van der Waals surface area contributed by atoms with Crippen LogP contribution < -0.4 is 24.8 Å². The Balaban J connectivity index is 1.38. The van der Waals surface area contributed by atoms with Crippen LogP contribution in [0.3, 0.4) is 0 Å². The molecule has 10 nitrogen and oxygen atoms in total. The van der Waals surface area contributed by atoms with E-state index in [-0.39, 0.29) is 5.78 Å². The van der Waals surface area contributed by atoms with E-state index in [0.29, 0.717) is 39.6 Å². The maximum Gasteiger partial charge on any atom is 0.325 e. The second-order valence-corrected chi connectivity index (χ2v) is 9.09. The number of ether oxygens (including phenoxy) is 3. The van der Waals surface area contributed by atoms with E-state index in [0.717, 1.165) is 4.90 Å². The molecule has 1 aliphatic heterocycles. The molecule has 1 fully saturated rings. The normalized spacial score (nSPS) is 16.6. The molecule has 4 rings (SSSR count). The summed E-state index contributed by atoms with van der Waals surface area (Å²) in [6.45, 7) is 1.15. The zero-order valence-corrected chi connectivity index (χ0v) is 22.5. The van der Waals surface area contributed by atoms with Crippen molar-refractivity contribution >= 4 is 35.4 Å². The predicted molar refractivity (Wildman–Crippen MR) is 149 cm³/mol. The van der Waals surface area contributed by atoms with Crippen molar-refractivity contribution in [2.75, 3.05) is 33.2 Å². The molecule has 40 heavy (non-hydrogen) atoms. The molecule has 1 atom stereocenters. The lowest BCUT2D eigenvalue weighted by atomic mass is 9.92. The topological polar surface area (TPSA) is 123 Å². The molecular weight excluding hydrogens is 514 g/mol. The number of ketones is 1. The van der Waals surface area contributed by atoms with E-state index >= 15 is 0 Å². The Kier molecular flexibility index (Phi) is 8.18. The first kappa shape index (κ1) is 27.9. The third-order valence-electron chi connectivity index (χ3n) is 6.50. The number of nitrogens with one attached hydrogen (secondary N) is 2. The van der Waals surface area contributed by atoms with Gasteiger partial charge in [0.1, 0.15) is 12.1 Å². The van der Waals surface area contributed by atoms with E-state index in [9.17, 15) is 19.2 Å². The second-order valence-electron chi connectivity index (χ2n) is 9.09. The van der Waals surface area contributed by atoms with Gasteiger partial charge in [0.25, 0.3) is 5.91 Å². The van der Waals surface area contributed by atoms with Gasteiger partial charge in [-0.05, 0) is 60.5 Å². The Bertz CT molecular complexity index is 1440. The number of amides is 4. The number of carbonyl (C=O) groups is 4. The zero-order chi connectivity index (χ0) is 28.9. The van der Waals surface area contributed by atoms with Crippen molar-refractivity contribution in [1.29, 1.82) is 0 Å². The first-order chi connectivity index (χ1) is 19.2. The van der Waals surface area contributed by atoms with Gasteiger partial charge in [0.05, 0.1) is 21.3 Å². The minimum absolute atomic E-state index is 0.258. The first-order valence-electron chi connectivity index (χ1n) is 12.3. The summed E-state index contributed by atoms with van der Waals surface area (Å²) in [6.07, 6.45) is 3.04. The Morgan fingerprint density at radius 1 is 0.925 bits per heavy atom. The summed E-state index contributed by atoms with van der Waals surface area (Å²) in [5.74, 6) is 0.0526. The van der Waals surface area contributed by atoms with Crippen LogP contribution in [0, 0.1) is 0 Å². The Hall–Kier alpha value is -5.12. The van der Waals surface area contributed by atoms with Crippen LogP contribution in [0.4, 0.5) is 10.5 Å². The van der Waals surface area contributed by atoms with Gasteiger partial charge in [-0.3, -0.25) is 19.3 Å². The Labute approximate surface area is 231 Å². The fraction of sp³-hybridized carbons (Fsp3) is 0.200. The van der Waals surface area contributed by atoms with Crippen LogP contribution in [0.1, 0.15) is 28.4 Å². The van der Waals surface area contributed by atoms with Crippen molar-refractivity contribution in [2.24, 2.45) is 0 Å². The number of hydrogen-bond donors (Lipinski definition) is 2. The number of methoxy groups -OCH3 is 3. The van der Waals surface area contributed by atoms with Crippen molar-refractivity contribution in [3.63, 3.8) is 0 Å². The third-order valence-corrected chi connectivity index (χ3v) is 6.50. The molecule has 1 saturated heterocycles. The first-order valence-corrected chi connectivity index (χ1v) is 12.3. The molecule has 1 aliphatic rings. The van der Waals surface area contributed by atoms with Crippen molar-refractivity contribution < 1.29 is 33.4 Å². The van der Waals surface area contributed by atoms with Crippen molar-refractivity contribution in [1.82, 2.24) is 10.2 Å². The van der Waals surface area contributed by atoms with Crippen molar-refractivity contribution in [2.45, 2.75) is 12.5 Å². The van der Waals surface area contributed by atoms with Gasteiger partial charge in [0, 0.05) is 11.3 Å². The van der Waals surface area contributed by atoms with Crippen molar-refractivity contribution in [3.05, 3.63) is 89.5 Å². The number of nitrogens with zero attached hydrogens (tertiary/aromatic N) is 1. The summed E-state index contributed by atoms with van der Waals surface area (Å²) in [5.41, 5.74) is 0.852. The maximum absolute atomic E-state index is 13.0. The van der Waals surface area contributed by atoms with Gasteiger partial charge in [-0.1, -0.05) is 36.4 Å². The molecule has 0 aliphatic carbocycles. The Morgan fingerprint density at radius 2 is 1.55 bits per heavy atom. The van der Waals surface area contributed by atoms with Crippen molar-refractivity contribution in [3.8, 4) is 17.2 Å². The molecular formula is C30H29N3O7. The molecule has 206 valence electrons. The molecule has 4 amide bonds. The highest BCUT2D eigenvalue weighted by Crippen LogP contribution is 2.38. The second kappa shape index (κ2) is 11.7. The van der Waals surface area contributed by atoms with Gasteiger partial charge in [-0.2, -0.15) is 0 Å². The average Bonchev–Trinajstić information content (AvgIpc) is 3.19. The molecule has 1 unspecified atom stereocenters. The van der Waals surface area contributed by atoms with E-state index in [1.54, 1.807) is 73.7 Å². The van der Waals surface area contributed by atoms with Crippen LogP contribution in [0.2, 0.25) is 0 Å². The summed E-state index contributed by atoms with van der Waals surface area (Å²) in [6, 6.07) is 17.9.